The van der Waals surface area contributed by atoms with Gasteiger partial charge < -0.3 is 4.42 Å². The predicted molar refractivity (Wildman–Crippen MR) is 94.4 cm³/mol. The molecule has 0 unspecified atom stereocenters. The Morgan fingerprint density at radius 3 is 2.24 bits per heavy atom. The normalized spacial score (nSPS) is 16.9. The third kappa shape index (κ3) is 3.65. The van der Waals surface area contributed by atoms with Gasteiger partial charge in [0.05, 0.1) is 16.4 Å². The second-order valence-corrected chi connectivity index (χ2v) is 10.8. The second kappa shape index (κ2) is 6.59. The Kier molecular flexibility index (Phi) is 4.78. The number of nitrogens with zero attached hydrogens (tertiary/aromatic N) is 1. The van der Waals surface area contributed by atoms with Crippen LogP contribution in [-0.4, -0.2) is 39.5 Å². The lowest BCUT2D eigenvalue weighted by molar-refractivity contribution is 0.309. The fourth-order valence-corrected chi connectivity index (χ4v) is 6.04. The molecule has 1 aromatic carbocycles. The van der Waals surface area contributed by atoms with Crippen molar-refractivity contribution in [2.24, 2.45) is 0 Å². The molecule has 0 atom stereocenters. The van der Waals surface area contributed by atoms with Crippen LogP contribution in [0.1, 0.15) is 31.1 Å². The van der Waals surface area contributed by atoms with Crippen molar-refractivity contribution in [2.75, 3.05) is 13.1 Å². The maximum atomic E-state index is 12.6. The first-order chi connectivity index (χ1) is 11.7. The van der Waals surface area contributed by atoms with Gasteiger partial charge in [0.15, 0.2) is 9.84 Å². The largest absolute Gasteiger partial charge is 0.468 e. The molecule has 0 bridgehead atoms. The van der Waals surface area contributed by atoms with Crippen molar-refractivity contribution in [3.8, 4) is 0 Å². The van der Waals surface area contributed by atoms with Gasteiger partial charge >= 0.3 is 0 Å². The third-order valence-corrected chi connectivity index (χ3v) is 8.28. The quantitative estimate of drug-likeness (QED) is 0.765. The number of sulfone groups is 1. The van der Waals surface area contributed by atoms with Gasteiger partial charge in [-0.25, -0.2) is 16.8 Å². The van der Waals surface area contributed by atoms with E-state index in [0.29, 0.717) is 11.7 Å². The molecule has 2 aromatic rings. The van der Waals surface area contributed by atoms with Gasteiger partial charge in [-0.2, -0.15) is 4.31 Å². The van der Waals surface area contributed by atoms with Gasteiger partial charge in [-0.05, 0) is 35.7 Å². The minimum Gasteiger partial charge on any atom is -0.468 e. The fraction of sp³-hybridized carbons (Fsp3) is 0.412. The molecule has 25 heavy (non-hydrogen) atoms. The van der Waals surface area contributed by atoms with Crippen molar-refractivity contribution in [1.29, 1.82) is 0 Å². The minimum atomic E-state index is -3.65. The molecule has 0 N–H and O–H groups in total. The first kappa shape index (κ1) is 18.2. The summed E-state index contributed by atoms with van der Waals surface area (Å²) in [5.41, 5.74) is 1.06. The van der Waals surface area contributed by atoms with E-state index in [4.69, 9.17) is 4.42 Å². The van der Waals surface area contributed by atoms with E-state index in [1.54, 1.807) is 36.4 Å². The van der Waals surface area contributed by atoms with Crippen molar-refractivity contribution in [1.82, 2.24) is 4.31 Å². The lowest BCUT2D eigenvalue weighted by Gasteiger charge is -2.37. The summed E-state index contributed by atoms with van der Waals surface area (Å²) in [5.74, 6) is 0.476. The van der Waals surface area contributed by atoms with Crippen LogP contribution in [0.4, 0.5) is 0 Å². The SMILES string of the molecule is CC(C)c1ccc(S(=O)(=O)N2CC(S(=O)(=O)Cc3ccco3)C2)cc1. The first-order valence-electron chi connectivity index (χ1n) is 8.04. The van der Waals surface area contributed by atoms with Crippen LogP contribution in [0.25, 0.3) is 0 Å². The number of sulfonamides is 1. The van der Waals surface area contributed by atoms with Gasteiger partial charge in [-0.1, -0.05) is 26.0 Å². The first-order valence-corrected chi connectivity index (χ1v) is 11.2. The summed E-state index contributed by atoms with van der Waals surface area (Å²) in [6, 6.07) is 9.97. The van der Waals surface area contributed by atoms with E-state index in [2.05, 4.69) is 0 Å². The Bertz CT molecular complexity index is 923. The Morgan fingerprint density at radius 1 is 1.08 bits per heavy atom. The topological polar surface area (TPSA) is 84.7 Å². The van der Waals surface area contributed by atoms with E-state index in [1.165, 1.54) is 10.6 Å². The Labute approximate surface area is 148 Å². The number of furan rings is 1. The summed E-state index contributed by atoms with van der Waals surface area (Å²) < 4.78 is 56.1. The zero-order valence-corrected chi connectivity index (χ0v) is 15.8. The van der Waals surface area contributed by atoms with Gasteiger partial charge in [0.2, 0.25) is 10.0 Å². The summed E-state index contributed by atoms with van der Waals surface area (Å²) in [7, 11) is -7.09. The van der Waals surface area contributed by atoms with E-state index >= 15 is 0 Å². The molecule has 1 aromatic heterocycles. The number of rotatable bonds is 6. The third-order valence-electron chi connectivity index (χ3n) is 4.43. The van der Waals surface area contributed by atoms with Crippen LogP contribution in [0.3, 0.4) is 0 Å². The molecular weight excluding hydrogens is 362 g/mol. The molecule has 0 radical (unpaired) electrons. The minimum absolute atomic E-state index is 0.0166. The highest BCUT2D eigenvalue weighted by molar-refractivity contribution is 7.92. The maximum absolute atomic E-state index is 12.6. The van der Waals surface area contributed by atoms with Crippen molar-refractivity contribution >= 4 is 19.9 Å². The highest BCUT2D eigenvalue weighted by Gasteiger charge is 2.43. The number of hydrogen-bond donors (Lipinski definition) is 0. The van der Waals surface area contributed by atoms with E-state index in [0.717, 1.165) is 5.56 Å². The van der Waals surface area contributed by atoms with Crippen molar-refractivity contribution in [3.05, 3.63) is 54.0 Å². The van der Waals surface area contributed by atoms with E-state index in [1.807, 2.05) is 13.8 Å². The molecule has 8 heteroatoms. The van der Waals surface area contributed by atoms with Gasteiger partial charge in [-0.3, -0.25) is 0 Å². The Hall–Kier alpha value is -1.64. The van der Waals surface area contributed by atoms with E-state index < -0.39 is 25.1 Å². The average Bonchev–Trinajstić information content (AvgIpc) is 2.97. The zero-order valence-electron chi connectivity index (χ0n) is 14.1. The fourth-order valence-electron chi connectivity index (χ4n) is 2.71. The number of hydrogen-bond acceptors (Lipinski definition) is 5. The lowest BCUT2D eigenvalue weighted by Crippen LogP contribution is -2.56. The summed E-state index contributed by atoms with van der Waals surface area (Å²) >= 11 is 0. The summed E-state index contributed by atoms with van der Waals surface area (Å²) in [6.45, 7) is 4.04. The van der Waals surface area contributed by atoms with Crippen LogP contribution >= 0.6 is 0 Å². The van der Waals surface area contributed by atoms with Gasteiger partial charge in [0, 0.05) is 13.1 Å². The Balaban J connectivity index is 1.68. The molecular formula is C17H21NO5S2. The molecule has 1 saturated heterocycles. The smallest absolute Gasteiger partial charge is 0.243 e. The second-order valence-electron chi connectivity index (χ2n) is 6.55. The predicted octanol–water partition coefficient (Wildman–Crippen LogP) is 2.39. The Morgan fingerprint density at radius 2 is 1.72 bits per heavy atom. The zero-order chi connectivity index (χ0) is 18.2. The standard InChI is InChI=1S/C17H21NO5S2/c1-13(2)14-5-7-16(8-6-14)25(21,22)18-10-17(11-18)24(19,20)12-15-4-3-9-23-15/h3-9,13,17H,10-12H2,1-2H3. The van der Waals surface area contributed by atoms with Crippen molar-refractivity contribution in [3.63, 3.8) is 0 Å². The van der Waals surface area contributed by atoms with Crippen LogP contribution in [-0.2, 0) is 25.6 Å². The highest BCUT2D eigenvalue weighted by Crippen LogP contribution is 2.28. The van der Waals surface area contributed by atoms with Crippen molar-refractivity contribution in [2.45, 2.75) is 35.7 Å². The van der Waals surface area contributed by atoms with Crippen molar-refractivity contribution < 1.29 is 21.3 Å². The molecule has 0 amide bonds. The molecule has 1 fully saturated rings. The molecule has 1 aliphatic rings. The molecule has 0 aliphatic carbocycles. The molecule has 1 aliphatic heterocycles. The van der Waals surface area contributed by atoms with Crippen LogP contribution in [0.2, 0.25) is 0 Å². The molecule has 0 saturated carbocycles. The summed E-state index contributed by atoms with van der Waals surface area (Å²) in [4.78, 5) is 0.193. The highest BCUT2D eigenvalue weighted by atomic mass is 32.2. The van der Waals surface area contributed by atoms with Crippen LogP contribution < -0.4 is 0 Å². The van der Waals surface area contributed by atoms with Gasteiger partial charge in [-0.15, -0.1) is 0 Å². The molecule has 0 spiro atoms. The summed E-state index contributed by atoms with van der Waals surface area (Å²) in [5, 5.41) is -0.692. The van der Waals surface area contributed by atoms with E-state index in [-0.39, 0.29) is 23.7 Å². The van der Waals surface area contributed by atoms with Gasteiger partial charge in [0.1, 0.15) is 11.5 Å². The molecule has 3 rings (SSSR count). The number of benzene rings is 1. The molecule has 136 valence electrons. The maximum Gasteiger partial charge on any atom is 0.243 e. The molecule has 2 heterocycles. The lowest BCUT2D eigenvalue weighted by atomic mass is 10.0. The monoisotopic (exact) mass is 383 g/mol. The van der Waals surface area contributed by atoms with Crippen LogP contribution in [0.5, 0.6) is 0 Å². The average molecular weight is 383 g/mol. The van der Waals surface area contributed by atoms with E-state index in [9.17, 15) is 16.8 Å². The van der Waals surface area contributed by atoms with Crippen LogP contribution in [0, 0.1) is 0 Å². The van der Waals surface area contributed by atoms with Crippen LogP contribution in [0.15, 0.2) is 52.0 Å². The summed E-state index contributed by atoms with van der Waals surface area (Å²) in [6.07, 6.45) is 1.42. The van der Waals surface area contributed by atoms with Gasteiger partial charge in [0.25, 0.3) is 0 Å². The molecule has 6 nitrogen and oxygen atoms in total.